The van der Waals surface area contributed by atoms with E-state index in [1.54, 1.807) is 17.4 Å². The third-order valence-corrected chi connectivity index (χ3v) is 3.29. The standard InChI is InChI=1S/C15H13NO2S/c17-9-3-6-12-5-1-2-8-14(12)16-15(18)11-13-7-4-10-19-13/h1-2,4-5,7-8,10,17H,9,11H2,(H,16,18). The number of amides is 1. The summed E-state index contributed by atoms with van der Waals surface area (Å²) in [6, 6.07) is 11.1. The van der Waals surface area contributed by atoms with Crippen molar-refractivity contribution in [3.63, 3.8) is 0 Å². The van der Waals surface area contributed by atoms with Gasteiger partial charge in [-0.05, 0) is 23.6 Å². The number of aliphatic hydroxyl groups is 1. The number of nitrogens with one attached hydrogen (secondary N) is 1. The molecule has 2 rings (SSSR count). The van der Waals surface area contributed by atoms with E-state index in [2.05, 4.69) is 17.2 Å². The van der Waals surface area contributed by atoms with Gasteiger partial charge in [0.1, 0.15) is 6.61 Å². The molecule has 2 N–H and O–H groups in total. The van der Waals surface area contributed by atoms with Gasteiger partial charge in [0.05, 0.1) is 12.1 Å². The first-order chi connectivity index (χ1) is 9.29. The van der Waals surface area contributed by atoms with Crippen LogP contribution < -0.4 is 5.32 Å². The summed E-state index contributed by atoms with van der Waals surface area (Å²) in [5.41, 5.74) is 1.38. The van der Waals surface area contributed by atoms with Crippen molar-refractivity contribution in [3.8, 4) is 11.8 Å². The molecule has 0 atom stereocenters. The van der Waals surface area contributed by atoms with Crippen LogP contribution in [0.2, 0.25) is 0 Å². The fraction of sp³-hybridized carbons (Fsp3) is 0.133. The quantitative estimate of drug-likeness (QED) is 0.841. The van der Waals surface area contributed by atoms with Crippen LogP contribution in [0.15, 0.2) is 41.8 Å². The molecule has 1 aromatic heterocycles. The van der Waals surface area contributed by atoms with E-state index >= 15 is 0 Å². The predicted molar refractivity (Wildman–Crippen MR) is 77.1 cm³/mol. The second-order valence-electron chi connectivity index (χ2n) is 3.81. The SMILES string of the molecule is O=C(Cc1cccs1)Nc1ccccc1C#CCO. The third kappa shape index (κ3) is 3.95. The first kappa shape index (κ1) is 13.3. The molecule has 0 saturated heterocycles. The molecule has 0 aliphatic carbocycles. The van der Waals surface area contributed by atoms with Gasteiger partial charge in [-0.2, -0.15) is 0 Å². The Morgan fingerprint density at radius 1 is 1.26 bits per heavy atom. The molecule has 3 nitrogen and oxygen atoms in total. The predicted octanol–water partition coefficient (Wildman–Crippen LogP) is 2.27. The number of benzene rings is 1. The second-order valence-corrected chi connectivity index (χ2v) is 4.84. The number of hydrogen-bond acceptors (Lipinski definition) is 3. The van der Waals surface area contributed by atoms with Crippen LogP contribution in [0.4, 0.5) is 5.69 Å². The van der Waals surface area contributed by atoms with Gasteiger partial charge >= 0.3 is 0 Å². The van der Waals surface area contributed by atoms with Crippen molar-refractivity contribution in [2.75, 3.05) is 11.9 Å². The first-order valence-electron chi connectivity index (χ1n) is 5.80. The molecular formula is C15H13NO2S. The van der Waals surface area contributed by atoms with Crippen LogP contribution in [0.25, 0.3) is 0 Å². The van der Waals surface area contributed by atoms with Crippen LogP contribution in [-0.2, 0) is 11.2 Å². The van der Waals surface area contributed by atoms with Gasteiger partial charge in [0, 0.05) is 10.4 Å². The lowest BCUT2D eigenvalue weighted by Gasteiger charge is -2.06. The Hall–Kier alpha value is -2.09. The smallest absolute Gasteiger partial charge is 0.229 e. The van der Waals surface area contributed by atoms with Gasteiger partial charge in [0.2, 0.25) is 5.91 Å². The second kappa shape index (κ2) is 6.74. The first-order valence-corrected chi connectivity index (χ1v) is 6.68. The number of para-hydroxylation sites is 1. The van der Waals surface area contributed by atoms with Gasteiger partial charge < -0.3 is 10.4 Å². The highest BCUT2D eigenvalue weighted by atomic mass is 32.1. The minimum absolute atomic E-state index is 0.0688. The molecule has 1 aromatic carbocycles. The van der Waals surface area contributed by atoms with Gasteiger partial charge in [-0.15, -0.1) is 11.3 Å². The summed E-state index contributed by atoms with van der Waals surface area (Å²) in [6.07, 6.45) is 0.361. The van der Waals surface area contributed by atoms with Gasteiger partial charge in [0.25, 0.3) is 0 Å². The molecule has 4 heteroatoms. The van der Waals surface area contributed by atoms with Crippen molar-refractivity contribution < 1.29 is 9.90 Å². The van der Waals surface area contributed by atoms with Crippen molar-refractivity contribution in [2.45, 2.75) is 6.42 Å². The van der Waals surface area contributed by atoms with E-state index in [9.17, 15) is 4.79 Å². The van der Waals surface area contributed by atoms with Crippen molar-refractivity contribution in [1.82, 2.24) is 0 Å². The van der Waals surface area contributed by atoms with Crippen molar-refractivity contribution >= 4 is 22.9 Å². The Morgan fingerprint density at radius 3 is 2.84 bits per heavy atom. The van der Waals surface area contributed by atoms with Crippen LogP contribution in [0.1, 0.15) is 10.4 Å². The molecule has 0 spiro atoms. The lowest BCUT2D eigenvalue weighted by atomic mass is 10.1. The fourth-order valence-electron chi connectivity index (χ4n) is 1.60. The Balaban J connectivity index is 2.08. The van der Waals surface area contributed by atoms with E-state index in [0.717, 1.165) is 4.88 Å². The Kier molecular flexibility index (Phi) is 4.73. The monoisotopic (exact) mass is 271 g/mol. The maximum Gasteiger partial charge on any atom is 0.229 e. The highest BCUT2D eigenvalue weighted by molar-refractivity contribution is 7.10. The van der Waals surface area contributed by atoms with Crippen LogP contribution in [0, 0.1) is 11.8 Å². The average molecular weight is 271 g/mol. The molecule has 0 aliphatic heterocycles. The van der Waals surface area contributed by atoms with Gasteiger partial charge in [-0.1, -0.05) is 30.0 Å². The maximum atomic E-state index is 11.9. The summed E-state index contributed by atoms with van der Waals surface area (Å²) in [6.45, 7) is -0.197. The molecule has 0 saturated carbocycles. The molecule has 0 aliphatic rings. The van der Waals surface area contributed by atoms with E-state index in [4.69, 9.17) is 5.11 Å². The zero-order valence-corrected chi connectivity index (χ0v) is 11.0. The molecular weight excluding hydrogens is 258 g/mol. The van der Waals surface area contributed by atoms with Gasteiger partial charge in [-0.25, -0.2) is 0 Å². The molecule has 0 unspecified atom stereocenters. The van der Waals surface area contributed by atoms with Gasteiger partial charge in [0.15, 0.2) is 0 Å². The lowest BCUT2D eigenvalue weighted by Crippen LogP contribution is -2.14. The molecule has 1 amide bonds. The Bertz CT molecular complexity index is 609. The summed E-state index contributed by atoms with van der Waals surface area (Å²) in [7, 11) is 0. The summed E-state index contributed by atoms with van der Waals surface area (Å²) >= 11 is 1.56. The van der Waals surface area contributed by atoms with Crippen LogP contribution in [0.5, 0.6) is 0 Å². The van der Waals surface area contributed by atoms with E-state index < -0.39 is 0 Å². The Morgan fingerprint density at radius 2 is 2.11 bits per heavy atom. The number of aliphatic hydroxyl groups excluding tert-OH is 1. The maximum absolute atomic E-state index is 11.9. The van der Waals surface area contributed by atoms with Crippen molar-refractivity contribution in [3.05, 3.63) is 52.2 Å². The van der Waals surface area contributed by atoms with Crippen LogP contribution in [0.3, 0.4) is 0 Å². The summed E-state index contributed by atoms with van der Waals surface area (Å²) in [5.74, 6) is 5.33. The molecule has 2 aromatic rings. The number of carbonyl (C=O) groups excluding carboxylic acids is 1. The zero-order chi connectivity index (χ0) is 13.5. The van der Waals surface area contributed by atoms with Gasteiger partial charge in [-0.3, -0.25) is 4.79 Å². The van der Waals surface area contributed by atoms with Crippen molar-refractivity contribution in [1.29, 1.82) is 0 Å². The average Bonchev–Trinajstić information content (AvgIpc) is 2.90. The molecule has 96 valence electrons. The third-order valence-electron chi connectivity index (χ3n) is 2.42. The van der Waals surface area contributed by atoms with E-state index in [1.807, 2.05) is 35.7 Å². The highest BCUT2D eigenvalue weighted by Gasteiger charge is 2.06. The summed E-state index contributed by atoms with van der Waals surface area (Å²) in [4.78, 5) is 12.9. The van der Waals surface area contributed by atoms with E-state index in [-0.39, 0.29) is 12.5 Å². The Labute approximate surface area is 115 Å². The fourth-order valence-corrected chi connectivity index (χ4v) is 2.31. The van der Waals surface area contributed by atoms with Crippen LogP contribution >= 0.6 is 11.3 Å². The zero-order valence-electron chi connectivity index (χ0n) is 10.2. The number of hydrogen-bond donors (Lipinski definition) is 2. The highest BCUT2D eigenvalue weighted by Crippen LogP contribution is 2.15. The number of rotatable bonds is 3. The van der Waals surface area contributed by atoms with Crippen LogP contribution in [-0.4, -0.2) is 17.6 Å². The van der Waals surface area contributed by atoms with E-state index in [1.165, 1.54) is 0 Å². The number of carbonyl (C=O) groups is 1. The van der Waals surface area contributed by atoms with E-state index in [0.29, 0.717) is 17.7 Å². The number of thiophene rings is 1. The minimum atomic E-state index is -0.197. The lowest BCUT2D eigenvalue weighted by molar-refractivity contribution is -0.115. The summed E-state index contributed by atoms with van der Waals surface area (Å²) in [5, 5.41) is 13.5. The topological polar surface area (TPSA) is 49.3 Å². The molecule has 0 bridgehead atoms. The summed E-state index contributed by atoms with van der Waals surface area (Å²) < 4.78 is 0. The van der Waals surface area contributed by atoms with Crippen molar-refractivity contribution in [2.24, 2.45) is 0 Å². The number of anilines is 1. The molecule has 1 heterocycles. The normalized spacial score (nSPS) is 9.53. The molecule has 19 heavy (non-hydrogen) atoms. The largest absolute Gasteiger partial charge is 0.384 e. The molecule has 0 fully saturated rings. The minimum Gasteiger partial charge on any atom is -0.384 e. The molecule has 0 radical (unpaired) electrons.